The summed E-state index contributed by atoms with van der Waals surface area (Å²) < 4.78 is 10.8. The van der Waals surface area contributed by atoms with Gasteiger partial charge in [-0.25, -0.2) is 0 Å². The lowest BCUT2D eigenvalue weighted by atomic mass is 10.2. The van der Waals surface area contributed by atoms with Crippen LogP contribution in [-0.4, -0.2) is 13.0 Å². The summed E-state index contributed by atoms with van der Waals surface area (Å²) in [5, 5.41) is 7.67. The molecule has 4 nitrogen and oxygen atoms in total. The van der Waals surface area contributed by atoms with Gasteiger partial charge >= 0.3 is 0 Å². The van der Waals surface area contributed by atoms with Crippen molar-refractivity contribution in [3.63, 3.8) is 0 Å². The molecular weight excluding hydrogens is 274 g/mol. The molecule has 3 aromatic rings. The van der Waals surface area contributed by atoms with E-state index in [2.05, 4.69) is 5.32 Å². The Morgan fingerprint density at radius 1 is 1.40 bits per heavy atom. The van der Waals surface area contributed by atoms with Gasteiger partial charge in [0.1, 0.15) is 0 Å². The quantitative estimate of drug-likeness (QED) is 0.799. The number of carbonyl (C=O) groups excluding carboxylic acids is 1. The van der Waals surface area contributed by atoms with Gasteiger partial charge in [0.25, 0.3) is 5.91 Å². The Morgan fingerprint density at radius 2 is 2.30 bits per heavy atom. The van der Waals surface area contributed by atoms with Crippen LogP contribution in [0.4, 0.5) is 0 Å². The zero-order chi connectivity index (χ0) is 13.9. The van der Waals surface area contributed by atoms with E-state index in [9.17, 15) is 4.79 Å². The smallest absolute Gasteiger partial charge is 0.287 e. The minimum atomic E-state index is -0.227. The molecule has 1 amide bonds. The lowest BCUT2D eigenvalue weighted by molar-refractivity contribution is 0.0925. The number of hydrogen-bond donors (Lipinski definition) is 1. The second-order valence-electron chi connectivity index (χ2n) is 4.30. The second-order valence-corrected chi connectivity index (χ2v) is 5.08. The summed E-state index contributed by atoms with van der Waals surface area (Å²) in [6.07, 6.45) is 0. The fourth-order valence-corrected chi connectivity index (χ4v) is 2.64. The monoisotopic (exact) mass is 287 g/mol. The largest absolute Gasteiger partial charge is 0.493 e. The number of thiophene rings is 1. The molecule has 0 aliphatic carbocycles. The van der Waals surface area contributed by atoms with Crippen LogP contribution in [-0.2, 0) is 6.54 Å². The minimum Gasteiger partial charge on any atom is -0.493 e. The van der Waals surface area contributed by atoms with Crippen molar-refractivity contribution >= 4 is 28.2 Å². The minimum absolute atomic E-state index is 0.227. The van der Waals surface area contributed by atoms with Crippen molar-refractivity contribution in [1.82, 2.24) is 5.32 Å². The highest BCUT2D eigenvalue weighted by Gasteiger charge is 2.14. The molecule has 0 radical (unpaired) electrons. The second kappa shape index (κ2) is 5.38. The number of benzene rings is 1. The van der Waals surface area contributed by atoms with Gasteiger partial charge in [-0.3, -0.25) is 4.79 Å². The number of methoxy groups -OCH3 is 1. The number of para-hydroxylation sites is 1. The van der Waals surface area contributed by atoms with Crippen LogP contribution in [0.2, 0.25) is 0 Å². The molecule has 5 heteroatoms. The van der Waals surface area contributed by atoms with E-state index in [4.69, 9.17) is 9.15 Å². The van der Waals surface area contributed by atoms with Crippen LogP contribution in [0.15, 0.2) is 45.5 Å². The van der Waals surface area contributed by atoms with Gasteiger partial charge in [-0.2, -0.15) is 11.3 Å². The van der Waals surface area contributed by atoms with Gasteiger partial charge in [-0.1, -0.05) is 12.1 Å². The summed E-state index contributed by atoms with van der Waals surface area (Å²) in [6.45, 7) is 0.497. The Labute approximate surface area is 120 Å². The van der Waals surface area contributed by atoms with Gasteiger partial charge < -0.3 is 14.5 Å². The SMILES string of the molecule is COc1cccc2cc(C(=O)NCc3ccsc3)oc12. The standard InChI is InChI=1S/C15H13NO3S/c1-18-12-4-2-3-11-7-13(19-14(11)12)15(17)16-8-10-5-6-20-9-10/h2-7,9H,8H2,1H3,(H,16,17). The van der Waals surface area contributed by atoms with E-state index in [1.54, 1.807) is 30.6 Å². The van der Waals surface area contributed by atoms with Crippen molar-refractivity contribution in [1.29, 1.82) is 0 Å². The van der Waals surface area contributed by atoms with Gasteiger partial charge in [-0.05, 0) is 34.5 Å². The number of fused-ring (bicyclic) bond motifs is 1. The Morgan fingerprint density at radius 3 is 3.05 bits per heavy atom. The molecule has 0 spiro atoms. The molecule has 20 heavy (non-hydrogen) atoms. The molecule has 0 aliphatic rings. The first kappa shape index (κ1) is 12.7. The first-order chi connectivity index (χ1) is 9.78. The van der Waals surface area contributed by atoms with Crippen LogP contribution in [0, 0.1) is 0 Å². The Bertz CT molecular complexity index is 731. The van der Waals surface area contributed by atoms with Gasteiger partial charge in [-0.15, -0.1) is 0 Å². The van der Waals surface area contributed by atoms with Crippen LogP contribution < -0.4 is 10.1 Å². The average Bonchev–Trinajstić information content (AvgIpc) is 3.12. The summed E-state index contributed by atoms with van der Waals surface area (Å²) in [5.74, 6) is 0.688. The maximum Gasteiger partial charge on any atom is 0.287 e. The number of ether oxygens (including phenoxy) is 1. The molecule has 0 unspecified atom stereocenters. The summed E-state index contributed by atoms with van der Waals surface area (Å²) in [6, 6.07) is 9.26. The van der Waals surface area contributed by atoms with Crippen LogP contribution in [0.3, 0.4) is 0 Å². The van der Waals surface area contributed by atoms with Crippen molar-refractivity contribution in [3.8, 4) is 5.75 Å². The Balaban J connectivity index is 1.81. The first-order valence-corrected chi connectivity index (χ1v) is 7.08. The molecule has 0 atom stereocenters. The van der Waals surface area contributed by atoms with E-state index in [-0.39, 0.29) is 5.91 Å². The summed E-state index contributed by atoms with van der Waals surface area (Å²) in [5.41, 5.74) is 1.67. The first-order valence-electron chi connectivity index (χ1n) is 6.14. The van der Waals surface area contributed by atoms with E-state index < -0.39 is 0 Å². The Kier molecular flexibility index (Phi) is 3.43. The van der Waals surface area contributed by atoms with Crippen molar-refractivity contribution in [2.75, 3.05) is 7.11 Å². The average molecular weight is 287 g/mol. The van der Waals surface area contributed by atoms with Gasteiger partial charge in [0.2, 0.25) is 0 Å². The molecule has 2 heterocycles. The molecule has 3 rings (SSSR count). The predicted molar refractivity (Wildman–Crippen MR) is 78.3 cm³/mol. The van der Waals surface area contributed by atoms with Crippen LogP contribution >= 0.6 is 11.3 Å². The zero-order valence-electron chi connectivity index (χ0n) is 10.9. The van der Waals surface area contributed by atoms with E-state index >= 15 is 0 Å². The normalized spacial score (nSPS) is 10.7. The number of amides is 1. The maximum absolute atomic E-state index is 12.1. The van der Waals surface area contributed by atoms with Crippen molar-refractivity contribution in [2.24, 2.45) is 0 Å². The third-order valence-corrected chi connectivity index (χ3v) is 3.72. The molecule has 2 aromatic heterocycles. The number of rotatable bonds is 4. The van der Waals surface area contributed by atoms with Crippen LogP contribution in [0.5, 0.6) is 5.75 Å². The summed E-state index contributed by atoms with van der Waals surface area (Å²) in [4.78, 5) is 12.1. The molecule has 1 aromatic carbocycles. The number of carbonyl (C=O) groups is 1. The van der Waals surface area contributed by atoms with Gasteiger partial charge in [0.05, 0.1) is 7.11 Å². The van der Waals surface area contributed by atoms with E-state index in [0.717, 1.165) is 10.9 Å². The number of hydrogen-bond acceptors (Lipinski definition) is 4. The molecule has 0 bridgehead atoms. The maximum atomic E-state index is 12.1. The fourth-order valence-electron chi connectivity index (χ4n) is 1.97. The number of nitrogens with one attached hydrogen (secondary N) is 1. The molecule has 102 valence electrons. The topological polar surface area (TPSA) is 51.5 Å². The molecule has 0 saturated heterocycles. The summed E-state index contributed by atoms with van der Waals surface area (Å²) in [7, 11) is 1.58. The highest BCUT2D eigenvalue weighted by molar-refractivity contribution is 7.07. The molecule has 0 fully saturated rings. The summed E-state index contributed by atoms with van der Waals surface area (Å²) >= 11 is 1.60. The highest BCUT2D eigenvalue weighted by atomic mass is 32.1. The third-order valence-electron chi connectivity index (χ3n) is 2.98. The molecule has 0 aliphatic heterocycles. The van der Waals surface area contributed by atoms with E-state index in [1.807, 2.05) is 29.0 Å². The van der Waals surface area contributed by atoms with E-state index in [0.29, 0.717) is 23.6 Å². The number of furan rings is 1. The predicted octanol–water partition coefficient (Wildman–Crippen LogP) is 3.43. The third kappa shape index (κ3) is 2.40. The molecule has 1 N–H and O–H groups in total. The van der Waals surface area contributed by atoms with Crippen molar-refractivity contribution in [3.05, 3.63) is 52.4 Å². The highest BCUT2D eigenvalue weighted by Crippen LogP contribution is 2.28. The van der Waals surface area contributed by atoms with Crippen molar-refractivity contribution < 1.29 is 13.9 Å². The fraction of sp³-hybridized carbons (Fsp3) is 0.133. The van der Waals surface area contributed by atoms with Crippen molar-refractivity contribution in [2.45, 2.75) is 6.54 Å². The lowest BCUT2D eigenvalue weighted by Crippen LogP contribution is -2.21. The zero-order valence-corrected chi connectivity index (χ0v) is 11.7. The van der Waals surface area contributed by atoms with Gasteiger partial charge in [0.15, 0.2) is 17.1 Å². The van der Waals surface area contributed by atoms with Gasteiger partial charge in [0, 0.05) is 11.9 Å². The lowest BCUT2D eigenvalue weighted by Gasteiger charge is -2.01. The molecular formula is C15H13NO3S. The van der Waals surface area contributed by atoms with Crippen LogP contribution in [0.1, 0.15) is 16.1 Å². The molecule has 0 saturated carbocycles. The Hall–Kier alpha value is -2.27. The van der Waals surface area contributed by atoms with E-state index in [1.165, 1.54) is 0 Å². The van der Waals surface area contributed by atoms with Crippen LogP contribution in [0.25, 0.3) is 11.0 Å².